The Bertz CT molecular complexity index is 698. The molecule has 0 spiro atoms. The Morgan fingerprint density at radius 2 is 1.91 bits per heavy atom. The minimum atomic E-state index is -0.305. The number of carbonyl (C=O) groups is 2. The number of carbonyl (C=O) groups excluding carboxylic acids is 2. The second-order valence-corrected chi connectivity index (χ2v) is 5.89. The Labute approximate surface area is 135 Å². The predicted molar refractivity (Wildman–Crippen MR) is 87.6 cm³/mol. The van der Waals surface area contributed by atoms with Crippen molar-refractivity contribution in [2.75, 3.05) is 11.9 Å². The number of aromatic nitrogens is 1. The third kappa shape index (κ3) is 3.74. The van der Waals surface area contributed by atoms with E-state index >= 15 is 0 Å². The summed E-state index contributed by atoms with van der Waals surface area (Å²) in [5.74, 6) is -0.391. The number of nitrogens with one attached hydrogen (secondary N) is 1. The molecule has 1 fully saturated rings. The van der Waals surface area contributed by atoms with Gasteiger partial charge in [-0.3, -0.25) is 14.6 Å². The van der Waals surface area contributed by atoms with Gasteiger partial charge in [-0.2, -0.15) is 0 Å². The second kappa shape index (κ2) is 6.60. The first-order chi connectivity index (χ1) is 11.1. The van der Waals surface area contributed by atoms with Crippen molar-refractivity contribution in [3.8, 4) is 0 Å². The molecule has 1 aromatic carbocycles. The van der Waals surface area contributed by atoms with Crippen LogP contribution in [0.3, 0.4) is 0 Å². The smallest absolute Gasteiger partial charge is 0.229 e. The summed E-state index contributed by atoms with van der Waals surface area (Å²) < 4.78 is 0. The molecule has 0 aliphatic carbocycles. The van der Waals surface area contributed by atoms with E-state index in [4.69, 9.17) is 0 Å². The van der Waals surface area contributed by atoms with Gasteiger partial charge in [0.15, 0.2) is 0 Å². The van der Waals surface area contributed by atoms with Gasteiger partial charge in [-0.05, 0) is 24.6 Å². The van der Waals surface area contributed by atoms with Gasteiger partial charge in [0.05, 0.1) is 5.92 Å². The summed E-state index contributed by atoms with van der Waals surface area (Å²) in [5, 5.41) is 2.84. The highest BCUT2D eigenvalue weighted by atomic mass is 16.2. The molecule has 0 radical (unpaired) electrons. The highest BCUT2D eigenvalue weighted by Gasteiger charge is 2.34. The van der Waals surface area contributed by atoms with E-state index in [0.29, 0.717) is 18.8 Å². The predicted octanol–water partition coefficient (Wildman–Crippen LogP) is 2.38. The zero-order valence-electron chi connectivity index (χ0n) is 13.0. The van der Waals surface area contributed by atoms with Crippen LogP contribution < -0.4 is 5.32 Å². The molecule has 2 heterocycles. The Kier molecular flexibility index (Phi) is 4.37. The number of anilines is 1. The molecule has 0 bridgehead atoms. The molecule has 118 valence electrons. The molecule has 2 amide bonds. The maximum absolute atomic E-state index is 12.3. The SMILES string of the molecule is Cc1ccc(CN2C[C@H](C(=O)Nc3ccncc3)CC2=O)cc1. The molecule has 1 N–H and O–H groups in total. The van der Waals surface area contributed by atoms with Gasteiger partial charge in [0.1, 0.15) is 0 Å². The van der Waals surface area contributed by atoms with Gasteiger partial charge in [0, 0.05) is 37.6 Å². The van der Waals surface area contributed by atoms with Crippen LogP contribution in [0.4, 0.5) is 5.69 Å². The zero-order chi connectivity index (χ0) is 16.2. The van der Waals surface area contributed by atoms with Crippen molar-refractivity contribution in [1.29, 1.82) is 0 Å². The van der Waals surface area contributed by atoms with Gasteiger partial charge in [-0.1, -0.05) is 29.8 Å². The molecule has 1 aliphatic rings. The third-order valence-electron chi connectivity index (χ3n) is 4.03. The Balaban J connectivity index is 1.60. The summed E-state index contributed by atoms with van der Waals surface area (Å²) in [6.45, 7) is 3.05. The minimum Gasteiger partial charge on any atom is -0.338 e. The van der Waals surface area contributed by atoms with E-state index in [0.717, 1.165) is 5.56 Å². The highest BCUT2D eigenvalue weighted by Crippen LogP contribution is 2.22. The van der Waals surface area contributed by atoms with E-state index in [1.807, 2.05) is 31.2 Å². The first-order valence-corrected chi connectivity index (χ1v) is 7.66. The lowest BCUT2D eigenvalue weighted by molar-refractivity contribution is -0.128. The van der Waals surface area contributed by atoms with Gasteiger partial charge in [-0.15, -0.1) is 0 Å². The Hall–Kier alpha value is -2.69. The first-order valence-electron chi connectivity index (χ1n) is 7.66. The summed E-state index contributed by atoms with van der Waals surface area (Å²) in [4.78, 5) is 30.1. The maximum atomic E-state index is 12.3. The quantitative estimate of drug-likeness (QED) is 0.943. The lowest BCUT2D eigenvalue weighted by Crippen LogP contribution is -2.28. The molecular formula is C18H19N3O2. The number of hydrogen-bond acceptors (Lipinski definition) is 3. The second-order valence-electron chi connectivity index (χ2n) is 5.89. The number of benzene rings is 1. The number of nitrogens with zero attached hydrogens (tertiary/aromatic N) is 2. The van der Waals surface area contributed by atoms with Crippen molar-refractivity contribution in [2.24, 2.45) is 5.92 Å². The number of aryl methyl sites for hydroxylation is 1. The fourth-order valence-electron chi connectivity index (χ4n) is 2.69. The number of likely N-dealkylation sites (tertiary alicyclic amines) is 1. The van der Waals surface area contributed by atoms with Crippen LogP contribution in [0, 0.1) is 12.8 Å². The van der Waals surface area contributed by atoms with E-state index < -0.39 is 0 Å². The fourth-order valence-corrected chi connectivity index (χ4v) is 2.69. The molecule has 0 unspecified atom stereocenters. The summed E-state index contributed by atoms with van der Waals surface area (Å²) in [6, 6.07) is 11.6. The largest absolute Gasteiger partial charge is 0.338 e. The van der Waals surface area contributed by atoms with E-state index in [9.17, 15) is 9.59 Å². The Morgan fingerprint density at radius 3 is 2.61 bits per heavy atom. The normalized spacial score (nSPS) is 17.3. The van der Waals surface area contributed by atoms with Crippen molar-refractivity contribution < 1.29 is 9.59 Å². The fraction of sp³-hybridized carbons (Fsp3) is 0.278. The molecular weight excluding hydrogens is 290 g/mol. The van der Waals surface area contributed by atoms with Crippen molar-refractivity contribution in [1.82, 2.24) is 9.88 Å². The number of amides is 2. The van der Waals surface area contributed by atoms with Crippen LogP contribution in [0.1, 0.15) is 17.5 Å². The lowest BCUT2D eigenvalue weighted by Gasteiger charge is -2.17. The molecule has 0 saturated carbocycles. The van der Waals surface area contributed by atoms with Crippen molar-refractivity contribution in [2.45, 2.75) is 19.9 Å². The molecule has 5 nitrogen and oxygen atoms in total. The molecule has 5 heteroatoms. The minimum absolute atomic E-state index is 0.0282. The molecule has 1 atom stereocenters. The van der Waals surface area contributed by atoms with Crippen LogP contribution in [0.2, 0.25) is 0 Å². The van der Waals surface area contributed by atoms with Crippen molar-refractivity contribution >= 4 is 17.5 Å². The standard InChI is InChI=1S/C18H19N3O2/c1-13-2-4-14(5-3-13)11-21-12-15(10-17(21)22)18(23)20-16-6-8-19-9-7-16/h2-9,15H,10-12H2,1H3,(H,19,20,23)/t15-/m1/s1. The Morgan fingerprint density at radius 1 is 1.22 bits per heavy atom. The lowest BCUT2D eigenvalue weighted by atomic mass is 10.1. The summed E-state index contributed by atoms with van der Waals surface area (Å²) in [5.41, 5.74) is 2.98. The van der Waals surface area contributed by atoms with E-state index in [-0.39, 0.29) is 24.2 Å². The monoisotopic (exact) mass is 309 g/mol. The molecule has 3 rings (SSSR count). The van der Waals surface area contributed by atoms with Gasteiger partial charge < -0.3 is 10.2 Å². The van der Waals surface area contributed by atoms with Crippen LogP contribution in [-0.4, -0.2) is 28.2 Å². The molecule has 1 aromatic heterocycles. The van der Waals surface area contributed by atoms with Gasteiger partial charge in [0.2, 0.25) is 11.8 Å². The van der Waals surface area contributed by atoms with Crippen LogP contribution in [-0.2, 0) is 16.1 Å². The van der Waals surface area contributed by atoms with E-state index in [1.54, 1.807) is 29.4 Å². The van der Waals surface area contributed by atoms with Crippen molar-refractivity contribution in [3.63, 3.8) is 0 Å². The van der Waals surface area contributed by atoms with Crippen LogP contribution in [0.5, 0.6) is 0 Å². The highest BCUT2D eigenvalue weighted by molar-refractivity contribution is 5.97. The van der Waals surface area contributed by atoms with Crippen LogP contribution in [0.25, 0.3) is 0 Å². The van der Waals surface area contributed by atoms with Crippen LogP contribution in [0.15, 0.2) is 48.8 Å². The topological polar surface area (TPSA) is 62.3 Å². The molecule has 2 aromatic rings. The zero-order valence-corrected chi connectivity index (χ0v) is 13.0. The number of hydrogen-bond donors (Lipinski definition) is 1. The van der Waals surface area contributed by atoms with E-state index in [2.05, 4.69) is 10.3 Å². The van der Waals surface area contributed by atoms with Crippen molar-refractivity contribution in [3.05, 3.63) is 59.9 Å². The number of rotatable bonds is 4. The van der Waals surface area contributed by atoms with Gasteiger partial charge in [-0.25, -0.2) is 0 Å². The average molecular weight is 309 g/mol. The maximum Gasteiger partial charge on any atom is 0.229 e. The number of pyridine rings is 1. The van der Waals surface area contributed by atoms with E-state index in [1.165, 1.54) is 5.56 Å². The van der Waals surface area contributed by atoms with Gasteiger partial charge in [0.25, 0.3) is 0 Å². The summed E-state index contributed by atoms with van der Waals surface area (Å²) in [6.07, 6.45) is 3.51. The summed E-state index contributed by atoms with van der Waals surface area (Å²) in [7, 11) is 0. The molecule has 1 aliphatic heterocycles. The summed E-state index contributed by atoms with van der Waals surface area (Å²) >= 11 is 0. The third-order valence-corrected chi connectivity index (χ3v) is 4.03. The van der Waals surface area contributed by atoms with Gasteiger partial charge >= 0.3 is 0 Å². The molecule has 1 saturated heterocycles. The molecule has 23 heavy (non-hydrogen) atoms. The van der Waals surface area contributed by atoms with Crippen LogP contribution >= 0.6 is 0 Å². The first kappa shape index (κ1) is 15.2. The average Bonchev–Trinajstić information content (AvgIpc) is 2.92.